The number of amides is 1. The number of hydrogen-bond acceptors (Lipinski definition) is 8. The van der Waals surface area contributed by atoms with E-state index in [1.54, 1.807) is 0 Å². The number of hydrogen-bond donors (Lipinski definition) is 2. The summed E-state index contributed by atoms with van der Waals surface area (Å²) in [7, 11) is 1.22. The van der Waals surface area contributed by atoms with Crippen molar-refractivity contribution < 1.29 is 28.7 Å². The molecule has 0 aromatic heterocycles. The number of carbonyl (C=O) groups is 4. The molecule has 2 N–H and O–H groups in total. The molecule has 1 aliphatic heterocycles. The second-order valence-corrected chi connectivity index (χ2v) is 7.57. The van der Waals surface area contributed by atoms with Crippen molar-refractivity contribution in [3.63, 3.8) is 0 Å². The van der Waals surface area contributed by atoms with Crippen LogP contribution in [0.15, 0.2) is 30.9 Å². The molecule has 2 atom stereocenters. The van der Waals surface area contributed by atoms with Gasteiger partial charge in [-0.1, -0.05) is 24.4 Å². The summed E-state index contributed by atoms with van der Waals surface area (Å²) in [5, 5.41) is 5.79. The van der Waals surface area contributed by atoms with Crippen LogP contribution in [-0.2, 0) is 19.1 Å². The van der Waals surface area contributed by atoms with Crippen LogP contribution in [-0.4, -0.2) is 54.5 Å². The first kappa shape index (κ1) is 21.6. The van der Waals surface area contributed by atoms with Crippen molar-refractivity contribution in [3.8, 4) is 0 Å². The molecule has 2 rings (SSSR count). The SMILES string of the molecule is C=CCOC(=O)c1cc(NC(=O)C2CC(SC(C)=O)CN2)cc(C(=O)OC)c1. The molecule has 150 valence electrons. The highest BCUT2D eigenvalue weighted by Gasteiger charge is 2.30. The van der Waals surface area contributed by atoms with Crippen LogP contribution in [0.4, 0.5) is 5.69 Å². The third kappa shape index (κ3) is 5.93. The number of esters is 2. The van der Waals surface area contributed by atoms with E-state index in [1.807, 2.05) is 0 Å². The lowest BCUT2D eigenvalue weighted by molar-refractivity contribution is -0.117. The van der Waals surface area contributed by atoms with E-state index in [0.717, 1.165) is 0 Å². The highest BCUT2D eigenvalue weighted by atomic mass is 32.2. The molecule has 28 heavy (non-hydrogen) atoms. The average Bonchev–Trinajstić information content (AvgIpc) is 3.13. The van der Waals surface area contributed by atoms with Crippen molar-refractivity contribution in [2.45, 2.75) is 24.6 Å². The summed E-state index contributed by atoms with van der Waals surface area (Å²) in [5.41, 5.74) is 0.475. The molecule has 9 heteroatoms. The molecule has 1 heterocycles. The summed E-state index contributed by atoms with van der Waals surface area (Å²) >= 11 is 1.20. The Hall–Kier alpha value is -2.65. The van der Waals surface area contributed by atoms with Gasteiger partial charge >= 0.3 is 11.9 Å². The zero-order valence-electron chi connectivity index (χ0n) is 15.7. The molecule has 1 aromatic carbocycles. The standard InChI is InChI=1S/C19H22N2O6S/c1-4-5-27-19(25)13-6-12(18(24)26-3)7-14(8-13)21-17(23)16-9-15(10-20-16)28-11(2)22/h4,6-8,15-16,20H,1,5,9-10H2,2-3H3,(H,21,23). The maximum atomic E-state index is 12.5. The fourth-order valence-electron chi connectivity index (χ4n) is 2.73. The zero-order valence-corrected chi connectivity index (χ0v) is 16.5. The van der Waals surface area contributed by atoms with Crippen LogP contribution in [0.3, 0.4) is 0 Å². The maximum Gasteiger partial charge on any atom is 0.338 e. The highest BCUT2D eigenvalue weighted by molar-refractivity contribution is 8.14. The Bertz CT molecular complexity index is 795. The van der Waals surface area contributed by atoms with Crippen molar-refractivity contribution in [2.75, 3.05) is 25.6 Å². The third-order valence-electron chi connectivity index (χ3n) is 3.93. The quantitative estimate of drug-likeness (QED) is 0.521. The van der Waals surface area contributed by atoms with E-state index in [2.05, 4.69) is 17.2 Å². The van der Waals surface area contributed by atoms with E-state index in [9.17, 15) is 19.2 Å². The van der Waals surface area contributed by atoms with Crippen LogP contribution in [0.25, 0.3) is 0 Å². The summed E-state index contributed by atoms with van der Waals surface area (Å²) in [5.74, 6) is -1.62. The Morgan fingerprint density at radius 2 is 1.93 bits per heavy atom. The molecule has 1 amide bonds. The van der Waals surface area contributed by atoms with Gasteiger partial charge in [-0.15, -0.1) is 0 Å². The molecule has 0 saturated carbocycles. The number of thioether (sulfide) groups is 1. The van der Waals surface area contributed by atoms with Gasteiger partial charge in [-0.3, -0.25) is 9.59 Å². The number of rotatable bonds is 7. The first-order valence-electron chi connectivity index (χ1n) is 8.57. The molecular formula is C19H22N2O6S. The normalized spacial score (nSPS) is 18.2. The molecular weight excluding hydrogens is 384 g/mol. The molecule has 1 aromatic rings. The lowest BCUT2D eigenvalue weighted by Crippen LogP contribution is -2.35. The van der Waals surface area contributed by atoms with Gasteiger partial charge in [0, 0.05) is 24.4 Å². The monoisotopic (exact) mass is 406 g/mol. The summed E-state index contributed by atoms with van der Waals surface area (Å²) in [6, 6.07) is 3.70. The smallest absolute Gasteiger partial charge is 0.338 e. The molecule has 0 radical (unpaired) electrons. The topological polar surface area (TPSA) is 111 Å². The number of carbonyl (C=O) groups excluding carboxylic acids is 4. The Labute approximate surface area is 167 Å². The third-order valence-corrected chi connectivity index (χ3v) is 4.95. The number of benzene rings is 1. The maximum absolute atomic E-state index is 12.5. The number of methoxy groups -OCH3 is 1. The van der Waals surface area contributed by atoms with Crippen LogP contribution >= 0.6 is 11.8 Å². The zero-order chi connectivity index (χ0) is 20.7. The molecule has 0 bridgehead atoms. The minimum atomic E-state index is -0.655. The van der Waals surface area contributed by atoms with Crippen LogP contribution < -0.4 is 10.6 Å². The van der Waals surface area contributed by atoms with E-state index in [0.29, 0.717) is 13.0 Å². The first-order chi connectivity index (χ1) is 13.3. The Kier molecular flexibility index (Phi) is 7.77. The summed E-state index contributed by atoms with van der Waals surface area (Å²) < 4.78 is 9.68. The van der Waals surface area contributed by atoms with Crippen LogP contribution in [0, 0.1) is 0 Å². The summed E-state index contributed by atoms with van der Waals surface area (Å²) in [6.07, 6.45) is 1.92. The molecule has 1 fully saturated rings. The molecule has 0 spiro atoms. The molecule has 1 saturated heterocycles. The number of nitrogens with one attached hydrogen (secondary N) is 2. The number of anilines is 1. The summed E-state index contributed by atoms with van der Waals surface area (Å²) in [6.45, 7) is 5.53. The highest BCUT2D eigenvalue weighted by Crippen LogP contribution is 2.23. The number of ether oxygens (including phenoxy) is 2. The van der Waals surface area contributed by atoms with Crippen molar-refractivity contribution in [2.24, 2.45) is 0 Å². The van der Waals surface area contributed by atoms with E-state index >= 15 is 0 Å². The van der Waals surface area contributed by atoms with Crippen molar-refractivity contribution in [3.05, 3.63) is 42.0 Å². The minimum Gasteiger partial charge on any atom is -0.465 e. The second kappa shape index (κ2) is 10.0. The predicted octanol–water partition coefficient (Wildman–Crippen LogP) is 1.76. The van der Waals surface area contributed by atoms with Gasteiger partial charge in [0.2, 0.25) is 5.91 Å². The minimum absolute atomic E-state index is 0.00122. The molecule has 8 nitrogen and oxygen atoms in total. The van der Waals surface area contributed by atoms with E-state index in [4.69, 9.17) is 9.47 Å². The van der Waals surface area contributed by atoms with E-state index < -0.39 is 18.0 Å². The van der Waals surface area contributed by atoms with Gasteiger partial charge in [-0.25, -0.2) is 9.59 Å². The largest absolute Gasteiger partial charge is 0.465 e. The van der Waals surface area contributed by atoms with Gasteiger partial charge in [0.05, 0.1) is 24.3 Å². The van der Waals surface area contributed by atoms with Gasteiger partial charge in [0.25, 0.3) is 0 Å². The van der Waals surface area contributed by atoms with Crippen molar-refractivity contribution in [1.29, 1.82) is 0 Å². The van der Waals surface area contributed by atoms with Gasteiger partial charge in [-0.2, -0.15) is 0 Å². The lowest BCUT2D eigenvalue weighted by atomic mass is 10.1. The van der Waals surface area contributed by atoms with Gasteiger partial charge in [0.1, 0.15) is 6.61 Å². The Morgan fingerprint density at radius 3 is 2.54 bits per heavy atom. The van der Waals surface area contributed by atoms with Gasteiger partial charge < -0.3 is 20.1 Å². The van der Waals surface area contributed by atoms with Gasteiger partial charge in [-0.05, 0) is 24.6 Å². The summed E-state index contributed by atoms with van der Waals surface area (Å²) in [4.78, 5) is 47.8. The fraction of sp³-hybridized carbons (Fsp3) is 0.368. The molecule has 2 unspecified atom stereocenters. The van der Waals surface area contributed by atoms with E-state index in [-0.39, 0.29) is 39.7 Å². The van der Waals surface area contributed by atoms with Crippen LogP contribution in [0.1, 0.15) is 34.1 Å². The van der Waals surface area contributed by atoms with E-state index in [1.165, 1.54) is 50.1 Å². The first-order valence-corrected chi connectivity index (χ1v) is 9.45. The predicted molar refractivity (Wildman–Crippen MR) is 105 cm³/mol. The lowest BCUT2D eigenvalue weighted by Gasteiger charge is -2.13. The Balaban J connectivity index is 2.16. The van der Waals surface area contributed by atoms with Gasteiger partial charge in [0.15, 0.2) is 5.12 Å². The Morgan fingerprint density at radius 1 is 1.25 bits per heavy atom. The van der Waals surface area contributed by atoms with Crippen LogP contribution in [0.2, 0.25) is 0 Å². The average molecular weight is 406 g/mol. The van der Waals surface area contributed by atoms with Crippen LogP contribution in [0.5, 0.6) is 0 Å². The molecule has 1 aliphatic rings. The van der Waals surface area contributed by atoms with Crippen molar-refractivity contribution >= 4 is 40.4 Å². The molecule has 0 aliphatic carbocycles. The fourth-order valence-corrected chi connectivity index (χ4v) is 3.67. The van der Waals surface area contributed by atoms with Crippen molar-refractivity contribution in [1.82, 2.24) is 5.32 Å². The second-order valence-electron chi connectivity index (χ2n) is 6.09.